The Bertz CT molecular complexity index is 402. The lowest BCUT2D eigenvalue weighted by molar-refractivity contribution is 0.318. The van der Waals surface area contributed by atoms with Gasteiger partial charge in [0.1, 0.15) is 0 Å². The Hall–Kier alpha value is -1.71. The van der Waals surface area contributed by atoms with Gasteiger partial charge in [0.05, 0.1) is 0 Å². The first-order valence-electron chi connectivity index (χ1n) is 5.89. The molecule has 0 aliphatic heterocycles. The van der Waals surface area contributed by atoms with E-state index in [1.165, 1.54) is 12.8 Å². The first kappa shape index (κ1) is 13.4. The van der Waals surface area contributed by atoms with Gasteiger partial charge in [-0.15, -0.1) is 0 Å². The van der Waals surface area contributed by atoms with Crippen LogP contribution in [0.1, 0.15) is 30.9 Å². The number of nitrogens with zero attached hydrogens (tertiary/aromatic N) is 2. The van der Waals surface area contributed by atoms with Crippen molar-refractivity contribution in [2.24, 2.45) is 10.9 Å². The third-order valence-electron chi connectivity index (χ3n) is 2.88. The van der Waals surface area contributed by atoms with Crippen LogP contribution >= 0.6 is 0 Å². The molecule has 0 spiro atoms. The topological polar surface area (TPSA) is 61.8 Å². The summed E-state index contributed by atoms with van der Waals surface area (Å²) in [6.07, 6.45) is 2.36. The Morgan fingerprint density at radius 1 is 1.47 bits per heavy atom. The summed E-state index contributed by atoms with van der Waals surface area (Å²) in [5.41, 5.74) is 8.54. The molecule has 0 heterocycles. The van der Waals surface area contributed by atoms with E-state index in [0.717, 1.165) is 23.4 Å². The smallest absolute Gasteiger partial charge is 0.170 e. The third-order valence-corrected chi connectivity index (χ3v) is 2.88. The summed E-state index contributed by atoms with van der Waals surface area (Å²) in [4.78, 5) is 2.21. The number of aryl methyl sites for hydroxylation is 1. The second kappa shape index (κ2) is 6.13. The maximum absolute atomic E-state index is 8.66. The minimum absolute atomic E-state index is 0.158. The minimum atomic E-state index is 0.158. The predicted molar refractivity (Wildman–Crippen MR) is 71.9 cm³/mol. The first-order chi connectivity index (χ1) is 8.10. The Labute approximate surface area is 103 Å². The number of oxime groups is 1. The SMILES string of the molecule is CCCCN(C)c1ccc(/C(N)=N/O)c(C)c1. The molecule has 1 rings (SSSR count). The number of hydrogen-bond acceptors (Lipinski definition) is 3. The zero-order chi connectivity index (χ0) is 12.8. The molecule has 0 unspecified atom stereocenters. The Morgan fingerprint density at radius 3 is 2.71 bits per heavy atom. The van der Waals surface area contributed by atoms with Gasteiger partial charge in [-0.2, -0.15) is 0 Å². The standard InChI is InChI=1S/C13H21N3O/c1-4-5-8-16(3)11-6-7-12(10(2)9-11)13(14)15-17/h6-7,9,17H,4-5,8H2,1-3H3,(H2,14,15). The van der Waals surface area contributed by atoms with Gasteiger partial charge in [-0.05, 0) is 37.1 Å². The molecule has 0 aliphatic carbocycles. The van der Waals surface area contributed by atoms with Crippen molar-refractivity contribution in [1.82, 2.24) is 0 Å². The highest BCUT2D eigenvalue weighted by Gasteiger charge is 2.06. The van der Waals surface area contributed by atoms with Gasteiger partial charge in [0.25, 0.3) is 0 Å². The Kier molecular flexibility index (Phi) is 4.82. The van der Waals surface area contributed by atoms with Crippen LogP contribution in [0.15, 0.2) is 23.4 Å². The van der Waals surface area contributed by atoms with Gasteiger partial charge < -0.3 is 15.8 Å². The van der Waals surface area contributed by atoms with Crippen molar-refractivity contribution in [3.05, 3.63) is 29.3 Å². The highest BCUT2D eigenvalue weighted by molar-refractivity contribution is 5.98. The summed E-state index contributed by atoms with van der Waals surface area (Å²) >= 11 is 0. The second-order valence-corrected chi connectivity index (χ2v) is 4.26. The maximum atomic E-state index is 8.66. The lowest BCUT2D eigenvalue weighted by atomic mass is 10.1. The number of unbranched alkanes of at least 4 members (excludes halogenated alkanes) is 1. The number of hydrogen-bond donors (Lipinski definition) is 2. The fourth-order valence-corrected chi connectivity index (χ4v) is 1.75. The molecule has 0 fully saturated rings. The average Bonchev–Trinajstić information content (AvgIpc) is 2.34. The molecule has 0 atom stereocenters. The van der Waals surface area contributed by atoms with Gasteiger partial charge in [-0.1, -0.05) is 18.5 Å². The molecular weight excluding hydrogens is 214 g/mol. The molecule has 0 radical (unpaired) electrons. The molecule has 0 saturated heterocycles. The minimum Gasteiger partial charge on any atom is -0.409 e. The predicted octanol–water partition coefficient (Wildman–Crippen LogP) is 2.33. The summed E-state index contributed by atoms with van der Waals surface area (Å²) < 4.78 is 0. The fourth-order valence-electron chi connectivity index (χ4n) is 1.75. The van der Waals surface area contributed by atoms with Crippen molar-refractivity contribution in [2.75, 3.05) is 18.5 Å². The largest absolute Gasteiger partial charge is 0.409 e. The lowest BCUT2D eigenvalue weighted by Crippen LogP contribution is -2.19. The molecule has 17 heavy (non-hydrogen) atoms. The Morgan fingerprint density at radius 2 is 2.18 bits per heavy atom. The van der Waals surface area contributed by atoms with E-state index in [-0.39, 0.29) is 5.84 Å². The van der Waals surface area contributed by atoms with Crippen molar-refractivity contribution >= 4 is 11.5 Å². The van der Waals surface area contributed by atoms with Crippen LogP contribution in [0, 0.1) is 6.92 Å². The van der Waals surface area contributed by atoms with Crippen molar-refractivity contribution in [3.8, 4) is 0 Å². The summed E-state index contributed by atoms with van der Waals surface area (Å²) in [6.45, 7) is 5.18. The van der Waals surface area contributed by atoms with Gasteiger partial charge in [-0.3, -0.25) is 0 Å². The van der Waals surface area contributed by atoms with E-state index in [9.17, 15) is 0 Å². The van der Waals surface area contributed by atoms with E-state index in [1.807, 2.05) is 19.1 Å². The van der Waals surface area contributed by atoms with Crippen LogP contribution in [-0.2, 0) is 0 Å². The third kappa shape index (κ3) is 3.37. The summed E-state index contributed by atoms with van der Waals surface area (Å²) in [6, 6.07) is 5.95. The number of benzene rings is 1. The van der Waals surface area contributed by atoms with Gasteiger partial charge in [0.15, 0.2) is 5.84 Å². The van der Waals surface area contributed by atoms with Crippen molar-refractivity contribution in [1.29, 1.82) is 0 Å². The summed E-state index contributed by atoms with van der Waals surface area (Å²) in [5, 5.41) is 11.7. The molecule has 0 aromatic heterocycles. The average molecular weight is 235 g/mol. The molecule has 0 aliphatic rings. The zero-order valence-electron chi connectivity index (χ0n) is 10.8. The van der Waals surface area contributed by atoms with Crippen LogP contribution in [0.4, 0.5) is 5.69 Å². The monoisotopic (exact) mass is 235 g/mol. The van der Waals surface area contributed by atoms with E-state index in [2.05, 4.69) is 30.1 Å². The molecule has 0 saturated carbocycles. The molecule has 0 bridgehead atoms. The fraction of sp³-hybridized carbons (Fsp3) is 0.462. The van der Waals surface area contributed by atoms with Crippen LogP contribution in [0.3, 0.4) is 0 Å². The highest BCUT2D eigenvalue weighted by Crippen LogP contribution is 2.18. The van der Waals surface area contributed by atoms with Crippen molar-refractivity contribution in [2.45, 2.75) is 26.7 Å². The number of anilines is 1. The normalized spacial score (nSPS) is 11.6. The van der Waals surface area contributed by atoms with Crippen LogP contribution in [-0.4, -0.2) is 24.6 Å². The van der Waals surface area contributed by atoms with Gasteiger partial charge in [0, 0.05) is 24.8 Å². The number of amidine groups is 1. The maximum Gasteiger partial charge on any atom is 0.170 e. The van der Waals surface area contributed by atoms with Crippen LogP contribution < -0.4 is 10.6 Å². The second-order valence-electron chi connectivity index (χ2n) is 4.26. The first-order valence-corrected chi connectivity index (χ1v) is 5.89. The molecule has 4 heteroatoms. The van der Waals surface area contributed by atoms with E-state index < -0.39 is 0 Å². The highest BCUT2D eigenvalue weighted by atomic mass is 16.4. The van der Waals surface area contributed by atoms with E-state index in [0.29, 0.717) is 0 Å². The quantitative estimate of drug-likeness (QED) is 0.356. The molecular formula is C13H21N3O. The van der Waals surface area contributed by atoms with Crippen LogP contribution in [0.5, 0.6) is 0 Å². The molecule has 4 nitrogen and oxygen atoms in total. The van der Waals surface area contributed by atoms with Crippen LogP contribution in [0.25, 0.3) is 0 Å². The lowest BCUT2D eigenvalue weighted by Gasteiger charge is -2.20. The van der Waals surface area contributed by atoms with Crippen molar-refractivity contribution in [3.63, 3.8) is 0 Å². The molecule has 0 amide bonds. The van der Waals surface area contributed by atoms with Crippen molar-refractivity contribution < 1.29 is 5.21 Å². The van der Waals surface area contributed by atoms with Gasteiger partial charge >= 0.3 is 0 Å². The summed E-state index contributed by atoms with van der Waals surface area (Å²) in [5.74, 6) is 0.158. The molecule has 1 aromatic rings. The van der Waals surface area contributed by atoms with E-state index in [4.69, 9.17) is 10.9 Å². The molecule has 3 N–H and O–H groups in total. The number of nitrogens with two attached hydrogens (primary N) is 1. The van der Waals surface area contributed by atoms with Gasteiger partial charge in [-0.25, -0.2) is 0 Å². The summed E-state index contributed by atoms with van der Waals surface area (Å²) in [7, 11) is 2.08. The Balaban J connectivity index is 2.88. The van der Waals surface area contributed by atoms with E-state index in [1.54, 1.807) is 0 Å². The molecule has 1 aromatic carbocycles. The van der Waals surface area contributed by atoms with Crippen LogP contribution in [0.2, 0.25) is 0 Å². The molecule has 94 valence electrons. The zero-order valence-corrected chi connectivity index (χ0v) is 10.8. The van der Waals surface area contributed by atoms with E-state index >= 15 is 0 Å². The van der Waals surface area contributed by atoms with Gasteiger partial charge in [0.2, 0.25) is 0 Å². The number of rotatable bonds is 5.